The maximum absolute atomic E-state index is 6.29. The normalized spacial score (nSPS) is 23.8. The zero-order valence-electron chi connectivity index (χ0n) is 12.7. The van der Waals surface area contributed by atoms with Crippen molar-refractivity contribution in [1.82, 2.24) is 5.32 Å². The minimum absolute atomic E-state index is 0.169. The highest BCUT2D eigenvalue weighted by Gasteiger charge is 2.42. The molecule has 1 N–H and O–H groups in total. The zero-order chi connectivity index (χ0) is 14.7. The fourth-order valence-electron chi connectivity index (χ4n) is 3.62. The number of rotatable bonds is 5. The van der Waals surface area contributed by atoms with Gasteiger partial charge in [-0.2, -0.15) is 0 Å². The van der Waals surface area contributed by atoms with Crippen LogP contribution in [0.3, 0.4) is 0 Å². The van der Waals surface area contributed by atoms with Gasteiger partial charge in [-0.15, -0.1) is 0 Å². The van der Waals surface area contributed by atoms with Gasteiger partial charge in [0, 0.05) is 12.1 Å². The van der Waals surface area contributed by atoms with Crippen LogP contribution in [-0.4, -0.2) is 25.4 Å². The fraction of sp³-hybridized carbons (Fsp3) is 0.647. The Bertz CT molecular complexity index is 486. The predicted octanol–water partition coefficient (Wildman–Crippen LogP) is 3.93. The third kappa shape index (κ3) is 3.36. The van der Waals surface area contributed by atoms with Crippen molar-refractivity contribution >= 4 is 11.6 Å². The van der Waals surface area contributed by atoms with E-state index in [1.165, 1.54) is 32.1 Å². The molecule has 3 rings (SSSR count). The van der Waals surface area contributed by atoms with E-state index in [0.717, 1.165) is 24.3 Å². The van der Waals surface area contributed by atoms with Gasteiger partial charge in [-0.3, -0.25) is 0 Å². The molecule has 2 aliphatic rings. The zero-order valence-corrected chi connectivity index (χ0v) is 13.4. The summed E-state index contributed by atoms with van der Waals surface area (Å²) in [6.45, 7) is 1.35. The maximum Gasteiger partial charge on any atom is 0.142 e. The highest BCUT2D eigenvalue weighted by Crippen LogP contribution is 2.43. The molecule has 21 heavy (non-hydrogen) atoms. The van der Waals surface area contributed by atoms with E-state index in [0.29, 0.717) is 11.6 Å². The number of ether oxygens (including phenoxy) is 2. The van der Waals surface area contributed by atoms with Gasteiger partial charge in [-0.25, -0.2) is 0 Å². The van der Waals surface area contributed by atoms with Gasteiger partial charge in [0.1, 0.15) is 12.4 Å². The average molecular weight is 310 g/mol. The van der Waals surface area contributed by atoms with Gasteiger partial charge >= 0.3 is 0 Å². The first-order chi connectivity index (χ1) is 10.2. The van der Waals surface area contributed by atoms with Crippen LogP contribution in [-0.2, 0) is 11.3 Å². The molecule has 0 bridgehead atoms. The second-order valence-corrected chi connectivity index (χ2v) is 6.65. The SMILES string of the molecule is CNCc1cccc(Cl)c1OCC1CCC2(CCCC2)O1. The largest absolute Gasteiger partial charge is 0.489 e. The van der Waals surface area contributed by atoms with Gasteiger partial charge < -0.3 is 14.8 Å². The number of halogens is 1. The van der Waals surface area contributed by atoms with Crippen molar-refractivity contribution in [3.63, 3.8) is 0 Å². The Labute approximate surface area is 132 Å². The van der Waals surface area contributed by atoms with Crippen molar-refractivity contribution < 1.29 is 9.47 Å². The standard InChI is InChI=1S/C17H24ClNO2/c1-19-11-13-5-4-6-15(18)16(13)20-12-14-7-10-17(21-14)8-2-3-9-17/h4-6,14,19H,2-3,7-12H2,1H3. The molecule has 1 aliphatic carbocycles. The summed E-state index contributed by atoms with van der Waals surface area (Å²) in [6, 6.07) is 5.89. The summed E-state index contributed by atoms with van der Waals surface area (Å²) in [6.07, 6.45) is 7.57. The van der Waals surface area contributed by atoms with Crippen LogP contribution in [0.2, 0.25) is 5.02 Å². The monoisotopic (exact) mass is 309 g/mol. The quantitative estimate of drug-likeness (QED) is 0.894. The summed E-state index contributed by atoms with van der Waals surface area (Å²) in [5.74, 6) is 0.796. The van der Waals surface area contributed by atoms with Crippen LogP contribution >= 0.6 is 11.6 Å². The molecular formula is C17H24ClNO2. The minimum atomic E-state index is 0.169. The predicted molar refractivity (Wildman–Crippen MR) is 85.0 cm³/mol. The lowest BCUT2D eigenvalue weighted by Crippen LogP contribution is -2.27. The summed E-state index contributed by atoms with van der Waals surface area (Å²) in [5.41, 5.74) is 1.26. The number of nitrogens with one attached hydrogen (secondary N) is 1. The van der Waals surface area contributed by atoms with Crippen LogP contribution in [0.4, 0.5) is 0 Å². The van der Waals surface area contributed by atoms with Crippen molar-refractivity contribution in [2.24, 2.45) is 0 Å². The van der Waals surface area contributed by atoms with Crippen LogP contribution in [0.1, 0.15) is 44.1 Å². The summed E-state index contributed by atoms with van der Waals surface area (Å²) in [4.78, 5) is 0. The van der Waals surface area contributed by atoms with Crippen LogP contribution in [0.25, 0.3) is 0 Å². The van der Waals surface area contributed by atoms with Gasteiger partial charge in [0.25, 0.3) is 0 Å². The highest BCUT2D eigenvalue weighted by atomic mass is 35.5. The Morgan fingerprint density at radius 2 is 2.14 bits per heavy atom. The molecule has 2 fully saturated rings. The van der Waals surface area contributed by atoms with E-state index in [1.54, 1.807) is 0 Å². The molecule has 0 radical (unpaired) electrons. The van der Waals surface area contributed by atoms with Crippen LogP contribution in [0, 0.1) is 0 Å². The summed E-state index contributed by atoms with van der Waals surface area (Å²) < 4.78 is 12.3. The van der Waals surface area contributed by atoms with Crippen LogP contribution < -0.4 is 10.1 Å². The minimum Gasteiger partial charge on any atom is -0.489 e. The second-order valence-electron chi connectivity index (χ2n) is 6.24. The van der Waals surface area contributed by atoms with Crippen molar-refractivity contribution in [3.05, 3.63) is 28.8 Å². The van der Waals surface area contributed by atoms with Crippen molar-refractivity contribution in [1.29, 1.82) is 0 Å². The molecule has 1 saturated carbocycles. The lowest BCUT2D eigenvalue weighted by molar-refractivity contribution is -0.0509. The molecule has 1 aromatic rings. The Balaban J connectivity index is 1.60. The van der Waals surface area contributed by atoms with Crippen molar-refractivity contribution in [3.8, 4) is 5.75 Å². The third-order valence-electron chi connectivity index (χ3n) is 4.68. The topological polar surface area (TPSA) is 30.5 Å². The Morgan fingerprint density at radius 3 is 2.90 bits per heavy atom. The van der Waals surface area contributed by atoms with E-state index in [1.807, 2.05) is 25.2 Å². The maximum atomic E-state index is 6.29. The van der Waals surface area contributed by atoms with E-state index >= 15 is 0 Å². The number of hydrogen-bond donors (Lipinski definition) is 1. The lowest BCUT2D eigenvalue weighted by atomic mass is 9.98. The van der Waals surface area contributed by atoms with Gasteiger partial charge in [-0.1, -0.05) is 36.6 Å². The fourth-order valence-corrected chi connectivity index (χ4v) is 3.87. The molecule has 1 aromatic carbocycles. The van der Waals surface area contributed by atoms with Gasteiger partial charge in [0.2, 0.25) is 0 Å². The summed E-state index contributed by atoms with van der Waals surface area (Å²) in [5, 5.41) is 3.83. The Morgan fingerprint density at radius 1 is 1.33 bits per heavy atom. The number of benzene rings is 1. The van der Waals surface area contributed by atoms with E-state index in [-0.39, 0.29) is 11.7 Å². The van der Waals surface area contributed by atoms with E-state index < -0.39 is 0 Å². The smallest absolute Gasteiger partial charge is 0.142 e. The third-order valence-corrected chi connectivity index (χ3v) is 4.98. The molecule has 1 unspecified atom stereocenters. The summed E-state index contributed by atoms with van der Waals surface area (Å²) >= 11 is 6.28. The Kier molecular flexibility index (Phi) is 4.72. The molecule has 1 spiro atoms. The number of hydrogen-bond acceptors (Lipinski definition) is 3. The van der Waals surface area contributed by atoms with Gasteiger partial charge in [-0.05, 0) is 38.8 Å². The highest BCUT2D eigenvalue weighted by molar-refractivity contribution is 6.32. The molecule has 1 heterocycles. The molecule has 1 aliphatic heterocycles. The summed E-state index contributed by atoms with van der Waals surface area (Å²) in [7, 11) is 1.93. The molecule has 0 aromatic heterocycles. The number of para-hydroxylation sites is 1. The molecular weight excluding hydrogens is 286 g/mol. The molecule has 116 valence electrons. The van der Waals surface area contributed by atoms with Crippen LogP contribution in [0.5, 0.6) is 5.75 Å². The second kappa shape index (κ2) is 6.55. The van der Waals surface area contributed by atoms with Crippen molar-refractivity contribution in [2.75, 3.05) is 13.7 Å². The van der Waals surface area contributed by atoms with E-state index in [2.05, 4.69) is 5.32 Å². The Hall–Kier alpha value is -0.770. The average Bonchev–Trinajstić information content (AvgIpc) is 3.09. The lowest BCUT2D eigenvalue weighted by Gasteiger charge is -2.24. The first-order valence-corrected chi connectivity index (χ1v) is 8.33. The van der Waals surface area contributed by atoms with E-state index in [4.69, 9.17) is 21.1 Å². The molecule has 1 atom stereocenters. The van der Waals surface area contributed by atoms with Crippen molar-refractivity contribution in [2.45, 2.75) is 56.8 Å². The van der Waals surface area contributed by atoms with Gasteiger partial charge in [0.05, 0.1) is 16.7 Å². The van der Waals surface area contributed by atoms with Gasteiger partial charge in [0.15, 0.2) is 0 Å². The first kappa shape index (κ1) is 15.1. The molecule has 4 heteroatoms. The molecule has 3 nitrogen and oxygen atoms in total. The molecule has 1 saturated heterocycles. The first-order valence-electron chi connectivity index (χ1n) is 7.95. The van der Waals surface area contributed by atoms with Crippen LogP contribution in [0.15, 0.2) is 18.2 Å². The molecule has 0 amide bonds. The van der Waals surface area contributed by atoms with E-state index in [9.17, 15) is 0 Å².